The minimum Gasteiger partial charge on any atom is -0.383 e. The lowest BCUT2D eigenvalue weighted by Crippen LogP contribution is -2.34. The molecule has 2 N–H and O–H groups in total. The van der Waals surface area contributed by atoms with Gasteiger partial charge in [0.2, 0.25) is 0 Å². The van der Waals surface area contributed by atoms with E-state index >= 15 is 0 Å². The summed E-state index contributed by atoms with van der Waals surface area (Å²) in [5, 5.41) is 6.68. The Bertz CT molecular complexity index is 494. The molecule has 7 heteroatoms. The molecule has 1 atom stereocenters. The smallest absolute Gasteiger partial charge is 0.168 e. The molecule has 1 saturated heterocycles. The summed E-state index contributed by atoms with van der Waals surface area (Å²) in [5.74, 6) is 0.352. The van der Waals surface area contributed by atoms with E-state index in [0.717, 1.165) is 12.8 Å². The molecule has 3 rings (SSSR count). The molecule has 1 aromatic rings. The van der Waals surface area contributed by atoms with Gasteiger partial charge in [0.25, 0.3) is 0 Å². The number of halogens is 1. The maximum Gasteiger partial charge on any atom is 0.168 e. The summed E-state index contributed by atoms with van der Waals surface area (Å²) >= 11 is 6.03. The Morgan fingerprint density at radius 2 is 2.14 bits per heavy atom. The molecule has 2 aliphatic rings. The molecule has 116 valence electrons. The summed E-state index contributed by atoms with van der Waals surface area (Å²) in [7, 11) is 1.79. The molecule has 1 saturated carbocycles. The highest BCUT2D eigenvalue weighted by Gasteiger charge is 2.42. The van der Waals surface area contributed by atoms with E-state index in [1.165, 1.54) is 25.6 Å². The molecule has 1 unspecified atom stereocenters. The molecule has 21 heavy (non-hydrogen) atoms. The second-order valence-electron chi connectivity index (χ2n) is 5.54. The zero-order valence-electron chi connectivity index (χ0n) is 12.2. The van der Waals surface area contributed by atoms with Crippen LogP contribution in [0.5, 0.6) is 0 Å². The number of nitrogens with one attached hydrogen (secondary N) is 2. The van der Waals surface area contributed by atoms with E-state index in [9.17, 15) is 0 Å². The van der Waals surface area contributed by atoms with Crippen LogP contribution in [0.3, 0.4) is 0 Å². The fourth-order valence-corrected chi connectivity index (χ4v) is 3.23. The fraction of sp³-hybridized carbons (Fsp3) is 0.714. The Hall–Kier alpha value is -1.11. The van der Waals surface area contributed by atoms with Crippen molar-refractivity contribution in [3.63, 3.8) is 0 Å². The van der Waals surface area contributed by atoms with Crippen molar-refractivity contribution < 1.29 is 9.47 Å². The summed E-state index contributed by atoms with van der Waals surface area (Å²) < 4.78 is 12.1. The first-order valence-electron chi connectivity index (χ1n) is 7.46. The third-order valence-corrected chi connectivity index (χ3v) is 4.36. The lowest BCUT2D eigenvalue weighted by molar-refractivity contribution is -0.185. The van der Waals surface area contributed by atoms with Crippen LogP contribution >= 0.6 is 11.6 Å². The van der Waals surface area contributed by atoms with Gasteiger partial charge in [-0.25, -0.2) is 9.97 Å². The molecule has 2 heterocycles. The Morgan fingerprint density at radius 1 is 1.33 bits per heavy atom. The van der Waals surface area contributed by atoms with E-state index in [1.807, 2.05) is 0 Å². The normalized spacial score (nSPS) is 24.2. The number of ether oxygens (including phenoxy) is 2. The lowest BCUT2D eigenvalue weighted by atomic mass is 9.94. The highest BCUT2D eigenvalue weighted by Crippen LogP contribution is 2.37. The van der Waals surface area contributed by atoms with Crippen LogP contribution in [0.25, 0.3) is 0 Å². The van der Waals surface area contributed by atoms with Crippen molar-refractivity contribution >= 4 is 23.1 Å². The van der Waals surface area contributed by atoms with E-state index in [1.54, 1.807) is 7.05 Å². The topological polar surface area (TPSA) is 68.3 Å². The minimum atomic E-state index is -0.334. The standard InChI is InChI=1S/C14H21ClN4O2/c1-16-11-12(15)18-9-19-13(11)17-7-10-8-20-14(21-10)5-3-2-4-6-14/h9-10,16H,2-8H2,1H3,(H,17,18,19). The van der Waals surface area contributed by atoms with Crippen LogP contribution in [0.1, 0.15) is 32.1 Å². The molecule has 0 aromatic carbocycles. The maximum atomic E-state index is 6.13. The van der Waals surface area contributed by atoms with Gasteiger partial charge in [0.15, 0.2) is 16.8 Å². The maximum absolute atomic E-state index is 6.13. The van der Waals surface area contributed by atoms with Crippen LogP contribution in [0.4, 0.5) is 11.5 Å². The second-order valence-corrected chi connectivity index (χ2v) is 5.90. The number of rotatable bonds is 4. The van der Waals surface area contributed by atoms with Gasteiger partial charge >= 0.3 is 0 Å². The third kappa shape index (κ3) is 3.22. The molecule has 6 nitrogen and oxygen atoms in total. The zero-order valence-corrected chi connectivity index (χ0v) is 12.9. The van der Waals surface area contributed by atoms with Gasteiger partial charge in [-0.3, -0.25) is 0 Å². The van der Waals surface area contributed by atoms with Gasteiger partial charge in [-0.1, -0.05) is 18.0 Å². The van der Waals surface area contributed by atoms with Gasteiger partial charge < -0.3 is 20.1 Å². The summed E-state index contributed by atoms with van der Waals surface area (Å²) in [6, 6.07) is 0. The van der Waals surface area contributed by atoms with Crippen molar-refractivity contribution in [2.75, 3.05) is 30.8 Å². The van der Waals surface area contributed by atoms with E-state index in [-0.39, 0.29) is 11.9 Å². The highest BCUT2D eigenvalue weighted by molar-refractivity contribution is 6.32. The van der Waals surface area contributed by atoms with E-state index in [2.05, 4.69) is 20.6 Å². The average Bonchev–Trinajstić information content (AvgIpc) is 2.88. The van der Waals surface area contributed by atoms with Crippen LogP contribution in [0.2, 0.25) is 5.15 Å². The Labute approximate surface area is 129 Å². The predicted octanol–water partition coefficient (Wildman–Crippen LogP) is 2.66. The summed E-state index contributed by atoms with van der Waals surface area (Å²) in [6.45, 7) is 1.27. The number of aromatic nitrogens is 2. The third-order valence-electron chi connectivity index (χ3n) is 4.08. The zero-order chi connectivity index (χ0) is 14.7. The molecular weight excluding hydrogens is 292 g/mol. The van der Waals surface area contributed by atoms with Crippen molar-refractivity contribution in [3.8, 4) is 0 Å². The van der Waals surface area contributed by atoms with Gasteiger partial charge in [0, 0.05) is 26.4 Å². The minimum absolute atomic E-state index is 0.0431. The first-order valence-corrected chi connectivity index (χ1v) is 7.84. The molecule has 1 spiro atoms. The fourth-order valence-electron chi connectivity index (χ4n) is 3.00. The van der Waals surface area contributed by atoms with Crippen molar-refractivity contribution in [2.45, 2.75) is 44.0 Å². The Kier molecular flexibility index (Phi) is 4.47. The summed E-state index contributed by atoms with van der Waals surface area (Å²) in [5.41, 5.74) is 0.700. The van der Waals surface area contributed by atoms with Crippen molar-refractivity contribution in [1.82, 2.24) is 9.97 Å². The molecule has 1 aromatic heterocycles. The molecule has 1 aliphatic carbocycles. The molecule has 0 radical (unpaired) electrons. The van der Waals surface area contributed by atoms with Crippen molar-refractivity contribution in [3.05, 3.63) is 11.5 Å². The largest absolute Gasteiger partial charge is 0.383 e. The van der Waals surface area contributed by atoms with Gasteiger partial charge in [-0.05, 0) is 12.8 Å². The Balaban J connectivity index is 1.58. The predicted molar refractivity (Wildman–Crippen MR) is 81.7 cm³/mol. The number of hydrogen-bond donors (Lipinski definition) is 2. The van der Waals surface area contributed by atoms with Crippen LogP contribution in [0.15, 0.2) is 6.33 Å². The molecule has 0 bridgehead atoms. The average molecular weight is 313 g/mol. The lowest BCUT2D eigenvalue weighted by Gasteiger charge is -2.31. The molecule has 0 amide bonds. The van der Waals surface area contributed by atoms with Crippen LogP contribution in [-0.4, -0.2) is 42.1 Å². The van der Waals surface area contributed by atoms with E-state index in [4.69, 9.17) is 21.1 Å². The highest BCUT2D eigenvalue weighted by atomic mass is 35.5. The second kappa shape index (κ2) is 6.34. The van der Waals surface area contributed by atoms with Crippen molar-refractivity contribution in [2.24, 2.45) is 0 Å². The SMILES string of the molecule is CNc1c(Cl)ncnc1NCC1COC2(CCCCC2)O1. The van der Waals surface area contributed by atoms with E-state index in [0.29, 0.717) is 29.8 Å². The van der Waals surface area contributed by atoms with Crippen molar-refractivity contribution in [1.29, 1.82) is 0 Å². The first kappa shape index (κ1) is 14.8. The van der Waals surface area contributed by atoms with Crippen LogP contribution < -0.4 is 10.6 Å². The number of nitrogens with zero attached hydrogens (tertiary/aromatic N) is 2. The van der Waals surface area contributed by atoms with Gasteiger partial charge in [-0.15, -0.1) is 0 Å². The Morgan fingerprint density at radius 3 is 2.90 bits per heavy atom. The van der Waals surface area contributed by atoms with Gasteiger partial charge in [-0.2, -0.15) is 0 Å². The summed E-state index contributed by atoms with van der Waals surface area (Å²) in [4.78, 5) is 8.16. The molecular formula is C14H21ClN4O2. The quantitative estimate of drug-likeness (QED) is 0.833. The monoisotopic (exact) mass is 312 g/mol. The molecule has 1 aliphatic heterocycles. The molecule has 2 fully saturated rings. The van der Waals surface area contributed by atoms with Crippen LogP contribution in [-0.2, 0) is 9.47 Å². The first-order chi connectivity index (χ1) is 10.2. The number of anilines is 2. The van der Waals surface area contributed by atoms with Gasteiger partial charge in [0.05, 0.1) is 6.61 Å². The summed E-state index contributed by atoms with van der Waals surface area (Å²) in [6.07, 6.45) is 7.15. The number of hydrogen-bond acceptors (Lipinski definition) is 6. The van der Waals surface area contributed by atoms with Gasteiger partial charge in [0.1, 0.15) is 18.1 Å². The van der Waals surface area contributed by atoms with Crippen LogP contribution in [0, 0.1) is 0 Å². The van der Waals surface area contributed by atoms with E-state index < -0.39 is 0 Å².